The third-order valence-corrected chi connectivity index (χ3v) is 6.22. The highest BCUT2D eigenvalue weighted by Crippen LogP contribution is 2.39. The molecular formula is C22H17ClN2O3S. The third-order valence-electron chi connectivity index (χ3n) is 4.93. The van der Waals surface area contributed by atoms with Crippen molar-refractivity contribution < 1.29 is 9.47 Å². The van der Waals surface area contributed by atoms with Crippen LogP contribution in [0.5, 0.6) is 11.5 Å². The fourth-order valence-electron chi connectivity index (χ4n) is 3.65. The van der Waals surface area contributed by atoms with Crippen LogP contribution in [0.1, 0.15) is 10.4 Å². The molecule has 7 heteroatoms. The molecule has 5 nitrogen and oxygen atoms in total. The van der Waals surface area contributed by atoms with Crippen LogP contribution >= 0.6 is 22.9 Å². The standard InChI is InChI=1S/C22H17ClN2O3S/c1-13-18(15-5-3-2-4-6-15)19-21(29-13)24-12-25(22(19)26)11-14-9-16(23)20-17(10-14)27-7-8-28-20/h2-6,9-10,12H,7-8,11H2,1H3. The van der Waals surface area contributed by atoms with Gasteiger partial charge < -0.3 is 9.47 Å². The number of halogens is 1. The van der Waals surface area contributed by atoms with E-state index in [0.717, 1.165) is 26.4 Å². The van der Waals surface area contributed by atoms with Crippen LogP contribution in [0.4, 0.5) is 0 Å². The van der Waals surface area contributed by atoms with Crippen molar-refractivity contribution in [2.24, 2.45) is 0 Å². The topological polar surface area (TPSA) is 53.4 Å². The van der Waals surface area contributed by atoms with E-state index in [-0.39, 0.29) is 5.56 Å². The first-order valence-electron chi connectivity index (χ1n) is 9.24. The summed E-state index contributed by atoms with van der Waals surface area (Å²) >= 11 is 7.89. The average Bonchev–Trinajstić information content (AvgIpc) is 3.07. The molecule has 2 aromatic heterocycles. The van der Waals surface area contributed by atoms with Crippen molar-refractivity contribution >= 4 is 33.2 Å². The third kappa shape index (κ3) is 3.18. The minimum absolute atomic E-state index is 0.0655. The average molecular weight is 425 g/mol. The molecule has 5 rings (SSSR count). The van der Waals surface area contributed by atoms with Gasteiger partial charge in [0.2, 0.25) is 0 Å². The normalized spacial score (nSPS) is 13.0. The number of fused-ring (bicyclic) bond motifs is 2. The molecule has 3 heterocycles. The van der Waals surface area contributed by atoms with Gasteiger partial charge in [-0.3, -0.25) is 9.36 Å². The first-order chi connectivity index (χ1) is 14.1. The Bertz CT molecular complexity index is 1280. The highest BCUT2D eigenvalue weighted by atomic mass is 35.5. The molecule has 0 bridgehead atoms. The molecule has 0 spiro atoms. The second-order valence-corrected chi connectivity index (χ2v) is 8.47. The van der Waals surface area contributed by atoms with Crippen LogP contribution in [0, 0.1) is 6.92 Å². The highest BCUT2D eigenvalue weighted by molar-refractivity contribution is 7.19. The van der Waals surface area contributed by atoms with E-state index in [1.54, 1.807) is 22.2 Å². The van der Waals surface area contributed by atoms with Crippen molar-refractivity contribution in [1.82, 2.24) is 9.55 Å². The zero-order valence-corrected chi connectivity index (χ0v) is 17.2. The largest absolute Gasteiger partial charge is 0.486 e. The molecule has 0 unspecified atom stereocenters. The maximum absolute atomic E-state index is 13.4. The predicted molar refractivity (Wildman–Crippen MR) is 116 cm³/mol. The second-order valence-electron chi connectivity index (χ2n) is 6.86. The van der Waals surface area contributed by atoms with Crippen molar-refractivity contribution in [3.63, 3.8) is 0 Å². The Morgan fingerprint density at radius 3 is 2.79 bits per heavy atom. The molecule has 29 heavy (non-hydrogen) atoms. The highest BCUT2D eigenvalue weighted by Gasteiger charge is 2.19. The lowest BCUT2D eigenvalue weighted by atomic mass is 10.0. The number of rotatable bonds is 3. The van der Waals surface area contributed by atoms with Gasteiger partial charge in [-0.1, -0.05) is 41.9 Å². The fourth-order valence-corrected chi connectivity index (χ4v) is 4.95. The van der Waals surface area contributed by atoms with Gasteiger partial charge in [-0.15, -0.1) is 11.3 Å². The lowest BCUT2D eigenvalue weighted by Crippen LogP contribution is -2.21. The molecular weight excluding hydrogens is 408 g/mol. The molecule has 0 radical (unpaired) electrons. The van der Waals surface area contributed by atoms with Gasteiger partial charge >= 0.3 is 0 Å². The quantitative estimate of drug-likeness (QED) is 0.469. The number of ether oxygens (including phenoxy) is 2. The van der Waals surface area contributed by atoms with Gasteiger partial charge in [0.25, 0.3) is 5.56 Å². The van der Waals surface area contributed by atoms with Crippen LogP contribution in [-0.4, -0.2) is 22.8 Å². The van der Waals surface area contributed by atoms with Gasteiger partial charge in [0.1, 0.15) is 18.0 Å². The summed E-state index contributed by atoms with van der Waals surface area (Å²) < 4.78 is 12.8. The molecule has 0 saturated carbocycles. The summed E-state index contributed by atoms with van der Waals surface area (Å²) in [6.45, 7) is 3.33. The number of nitrogens with zero attached hydrogens (tertiary/aromatic N) is 2. The van der Waals surface area contributed by atoms with Crippen LogP contribution < -0.4 is 15.0 Å². The summed E-state index contributed by atoms with van der Waals surface area (Å²) in [6, 6.07) is 13.6. The van der Waals surface area contributed by atoms with E-state index in [9.17, 15) is 4.79 Å². The number of aromatic nitrogens is 2. The first-order valence-corrected chi connectivity index (χ1v) is 10.4. The minimum atomic E-state index is -0.0655. The summed E-state index contributed by atoms with van der Waals surface area (Å²) in [7, 11) is 0. The summed E-state index contributed by atoms with van der Waals surface area (Å²) in [6.07, 6.45) is 1.60. The number of hydrogen-bond donors (Lipinski definition) is 0. The molecule has 0 saturated heterocycles. The van der Waals surface area contributed by atoms with Gasteiger partial charge in [0, 0.05) is 10.4 Å². The molecule has 0 fully saturated rings. The summed E-state index contributed by atoms with van der Waals surface area (Å²) in [5.74, 6) is 1.17. The zero-order chi connectivity index (χ0) is 20.0. The fraction of sp³-hybridized carbons (Fsp3) is 0.182. The van der Waals surface area contributed by atoms with Crippen LogP contribution in [0.3, 0.4) is 0 Å². The number of hydrogen-bond acceptors (Lipinski definition) is 5. The van der Waals surface area contributed by atoms with E-state index in [1.807, 2.05) is 49.4 Å². The lowest BCUT2D eigenvalue weighted by Gasteiger charge is -2.20. The second kappa shape index (κ2) is 7.21. The molecule has 0 atom stereocenters. The number of benzene rings is 2. The SMILES string of the molecule is Cc1sc2ncn(Cc3cc(Cl)c4c(c3)OCCO4)c(=O)c2c1-c1ccccc1. The van der Waals surface area contributed by atoms with E-state index < -0.39 is 0 Å². The molecule has 4 aromatic rings. The van der Waals surface area contributed by atoms with Gasteiger partial charge in [0.05, 0.1) is 23.3 Å². The van der Waals surface area contributed by atoms with Gasteiger partial charge in [0.15, 0.2) is 11.5 Å². The number of aryl methyl sites for hydroxylation is 1. The number of thiophene rings is 1. The van der Waals surface area contributed by atoms with Crippen molar-refractivity contribution in [2.75, 3.05) is 13.2 Å². The van der Waals surface area contributed by atoms with E-state index in [4.69, 9.17) is 21.1 Å². The van der Waals surface area contributed by atoms with E-state index >= 15 is 0 Å². The maximum atomic E-state index is 13.4. The smallest absolute Gasteiger partial charge is 0.263 e. The van der Waals surface area contributed by atoms with Crippen LogP contribution in [0.2, 0.25) is 5.02 Å². The lowest BCUT2D eigenvalue weighted by molar-refractivity contribution is 0.171. The zero-order valence-electron chi connectivity index (χ0n) is 15.6. The Balaban J connectivity index is 1.61. The van der Waals surface area contributed by atoms with Gasteiger partial charge in [-0.2, -0.15) is 0 Å². The van der Waals surface area contributed by atoms with Crippen molar-refractivity contribution in [3.05, 3.63) is 74.6 Å². The minimum Gasteiger partial charge on any atom is -0.486 e. The monoisotopic (exact) mass is 424 g/mol. The summed E-state index contributed by atoms with van der Waals surface area (Å²) in [4.78, 5) is 19.7. The molecule has 1 aliphatic rings. The Morgan fingerprint density at radius 2 is 1.97 bits per heavy atom. The van der Waals surface area contributed by atoms with Crippen LogP contribution in [0.25, 0.3) is 21.3 Å². The first kappa shape index (κ1) is 18.2. The van der Waals surface area contributed by atoms with Crippen molar-refractivity contribution in [1.29, 1.82) is 0 Å². The molecule has 0 amide bonds. The molecule has 146 valence electrons. The summed E-state index contributed by atoms with van der Waals surface area (Å²) in [5.41, 5.74) is 2.77. The Hall–Kier alpha value is -2.83. The van der Waals surface area contributed by atoms with Crippen molar-refractivity contribution in [3.8, 4) is 22.6 Å². The van der Waals surface area contributed by atoms with E-state index in [1.165, 1.54) is 0 Å². The van der Waals surface area contributed by atoms with Crippen LogP contribution in [0.15, 0.2) is 53.6 Å². The molecule has 0 N–H and O–H groups in total. The van der Waals surface area contributed by atoms with Crippen molar-refractivity contribution in [2.45, 2.75) is 13.5 Å². The van der Waals surface area contributed by atoms with Crippen LogP contribution in [-0.2, 0) is 6.54 Å². The maximum Gasteiger partial charge on any atom is 0.263 e. The molecule has 0 aliphatic carbocycles. The van der Waals surface area contributed by atoms with E-state index in [2.05, 4.69) is 4.98 Å². The predicted octanol–water partition coefficient (Wildman–Crippen LogP) is 4.91. The molecule has 1 aliphatic heterocycles. The Labute approximate surface area is 176 Å². The van der Waals surface area contributed by atoms with Gasteiger partial charge in [-0.25, -0.2) is 4.98 Å². The summed E-state index contributed by atoms with van der Waals surface area (Å²) in [5, 5.41) is 1.14. The molecule has 2 aromatic carbocycles. The van der Waals surface area contributed by atoms with Gasteiger partial charge in [-0.05, 0) is 30.2 Å². The Kier molecular flexibility index (Phi) is 4.53. The Morgan fingerprint density at radius 1 is 1.17 bits per heavy atom. The van der Waals surface area contributed by atoms with E-state index in [0.29, 0.717) is 41.7 Å².